The molecule has 21 heavy (non-hydrogen) atoms. The molecule has 0 spiro atoms. The summed E-state index contributed by atoms with van der Waals surface area (Å²) in [6, 6.07) is 0.163. The number of carbonyl (C=O) groups is 2. The third-order valence-electron chi connectivity index (χ3n) is 4.76. The van der Waals surface area contributed by atoms with Crippen LogP contribution in [0.15, 0.2) is 10.7 Å². The van der Waals surface area contributed by atoms with Gasteiger partial charge in [0.15, 0.2) is 0 Å². The van der Waals surface area contributed by atoms with Gasteiger partial charge in [0.2, 0.25) is 5.91 Å². The summed E-state index contributed by atoms with van der Waals surface area (Å²) < 4.78 is 4.96. The predicted molar refractivity (Wildman–Crippen MR) is 74.7 cm³/mol. The smallest absolute Gasteiger partial charge is 0.259 e. The second kappa shape index (κ2) is 5.14. The number of nitrogens with one attached hydrogen (secondary N) is 1. The Kier molecular flexibility index (Phi) is 3.44. The molecule has 114 valence electrons. The molecule has 0 aliphatic carbocycles. The van der Waals surface area contributed by atoms with E-state index in [2.05, 4.69) is 15.4 Å². The van der Waals surface area contributed by atoms with Gasteiger partial charge in [-0.1, -0.05) is 5.16 Å². The van der Waals surface area contributed by atoms with Gasteiger partial charge in [0, 0.05) is 26.2 Å². The Balaban J connectivity index is 1.70. The van der Waals surface area contributed by atoms with Crippen molar-refractivity contribution in [2.45, 2.75) is 25.4 Å². The number of aromatic nitrogens is 1. The van der Waals surface area contributed by atoms with Crippen LogP contribution in [0, 0.1) is 12.8 Å². The highest BCUT2D eigenvalue weighted by Gasteiger charge is 2.48. The summed E-state index contributed by atoms with van der Waals surface area (Å²) in [4.78, 5) is 28.2. The van der Waals surface area contributed by atoms with Crippen molar-refractivity contribution in [2.24, 2.45) is 5.92 Å². The highest BCUT2D eigenvalue weighted by atomic mass is 16.5. The Bertz CT molecular complexity index is 570. The van der Waals surface area contributed by atoms with Crippen molar-refractivity contribution in [3.8, 4) is 0 Å². The Morgan fingerprint density at radius 3 is 2.76 bits per heavy atom. The molecule has 2 saturated heterocycles. The molecule has 3 rings (SSSR count). The lowest BCUT2D eigenvalue weighted by Gasteiger charge is -2.25. The van der Waals surface area contributed by atoms with E-state index in [1.807, 2.05) is 11.9 Å². The number of hydrogen-bond acceptors (Lipinski definition) is 5. The number of carbonyl (C=O) groups excluding carboxylic acids is 2. The zero-order valence-electron chi connectivity index (χ0n) is 12.5. The van der Waals surface area contributed by atoms with Gasteiger partial charge in [-0.2, -0.15) is 0 Å². The van der Waals surface area contributed by atoms with Crippen LogP contribution in [0.2, 0.25) is 0 Å². The zero-order chi connectivity index (χ0) is 15.1. The fraction of sp³-hybridized carbons (Fsp3) is 0.643. The predicted octanol–water partition coefficient (Wildman–Crippen LogP) is -0.126. The molecule has 2 fully saturated rings. The van der Waals surface area contributed by atoms with Gasteiger partial charge in [-0.15, -0.1) is 0 Å². The molecule has 1 aromatic rings. The first-order chi connectivity index (χ1) is 10.0. The second-order valence-corrected chi connectivity index (χ2v) is 5.86. The van der Waals surface area contributed by atoms with Crippen molar-refractivity contribution in [1.82, 2.24) is 20.3 Å². The molecule has 2 amide bonds. The number of fused-ring (bicyclic) bond motifs is 1. The summed E-state index contributed by atoms with van der Waals surface area (Å²) in [6.07, 6.45) is 2.27. The molecule has 7 heteroatoms. The molecule has 2 aliphatic heterocycles. The standard InChI is InChI=1S/C14H20N4O3/c1-8-10(5-16-21-8)14(20)18-6-9-4-11(13(19)15-2)17(3)12(9)7-18/h5,9,11-12H,4,6-7H2,1-3H3,(H,15,19)/t9-,11-,12+/m1/s1. The number of rotatable bonds is 2. The van der Waals surface area contributed by atoms with E-state index < -0.39 is 0 Å². The van der Waals surface area contributed by atoms with E-state index in [1.165, 1.54) is 6.20 Å². The van der Waals surface area contributed by atoms with Crippen molar-refractivity contribution in [2.75, 3.05) is 27.2 Å². The minimum atomic E-state index is -0.0837. The molecular weight excluding hydrogens is 272 g/mol. The minimum Gasteiger partial charge on any atom is -0.361 e. The number of likely N-dealkylation sites (N-methyl/N-ethyl adjacent to an activating group) is 2. The van der Waals surface area contributed by atoms with Gasteiger partial charge < -0.3 is 14.7 Å². The Morgan fingerprint density at radius 1 is 1.43 bits per heavy atom. The third-order valence-corrected chi connectivity index (χ3v) is 4.76. The number of likely N-dealkylation sites (tertiary alicyclic amines) is 2. The number of aryl methyl sites for hydroxylation is 1. The molecule has 0 saturated carbocycles. The van der Waals surface area contributed by atoms with Crippen LogP contribution < -0.4 is 5.32 Å². The van der Waals surface area contributed by atoms with E-state index in [9.17, 15) is 9.59 Å². The summed E-state index contributed by atoms with van der Waals surface area (Å²) in [5, 5.41) is 6.37. The van der Waals surface area contributed by atoms with Crippen molar-refractivity contribution in [3.05, 3.63) is 17.5 Å². The lowest BCUT2D eigenvalue weighted by atomic mass is 10.0. The van der Waals surface area contributed by atoms with E-state index in [0.717, 1.165) is 6.42 Å². The van der Waals surface area contributed by atoms with Crippen molar-refractivity contribution >= 4 is 11.8 Å². The van der Waals surface area contributed by atoms with Crippen LogP contribution in [0.5, 0.6) is 0 Å². The lowest BCUT2D eigenvalue weighted by molar-refractivity contribution is -0.125. The average molecular weight is 292 g/mol. The van der Waals surface area contributed by atoms with E-state index >= 15 is 0 Å². The average Bonchev–Trinajstić information content (AvgIpc) is 3.14. The molecule has 3 atom stereocenters. The highest BCUT2D eigenvalue weighted by Crippen LogP contribution is 2.35. The van der Waals surface area contributed by atoms with Crippen molar-refractivity contribution in [3.63, 3.8) is 0 Å². The van der Waals surface area contributed by atoms with Crippen LogP contribution in [-0.2, 0) is 4.79 Å². The molecule has 0 aromatic carbocycles. The quantitative estimate of drug-likeness (QED) is 0.822. The van der Waals surface area contributed by atoms with Gasteiger partial charge in [0.25, 0.3) is 5.91 Å². The van der Waals surface area contributed by atoms with E-state index in [0.29, 0.717) is 30.3 Å². The molecular formula is C14H20N4O3. The molecule has 2 aliphatic rings. The number of hydrogen-bond donors (Lipinski definition) is 1. The van der Waals surface area contributed by atoms with E-state index in [1.54, 1.807) is 14.0 Å². The van der Waals surface area contributed by atoms with Gasteiger partial charge in [-0.3, -0.25) is 14.5 Å². The van der Waals surface area contributed by atoms with Crippen LogP contribution in [0.1, 0.15) is 22.5 Å². The monoisotopic (exact) mass is 292 g/mol. The lowest BCUT2D eigenvalue weighted by Crippen LogP contribution is -2.45. The summed E-state index contributed by atoms with van der Waals surface area (Å²) >= 11 is 0. The van der Waals surface area contributed by atoms with Gasteiger partial charge in [0.05, 0.1) is 12.2 Å². The zero-order valence-corrected chi connectivity index (χ0v) is 12.5. The SMILES string of the molecule is CNC(=O)[C@H]1C[C@@H]2CN(C(=O)c3cnoc3C)C[C@@H]2N1C. The van der Waals surface area contributed by atoms with Gasteiger partial charge in [-0.25, -0.2) is 0 Å². The van der Waals surface area contributed by atoms with Gasteiger partial charge >= 0.3 is 0 Å². The molecule has 1 N–H and O–H groups in total. The van der Waals surface area contributed by atoms with Crippen LogP contribution in [0.3, 0.4) is 0 Å². The maximum Gasteiger partial charge on any atom is 0.259 e. The van der Waals surface area contributed by atoms with Crippen LogP contribution in [0.4, 0.5) is 0 Å². The first-order valence-corrected chi connectivity index (χ1v) is 7.17. The summed E-state index contributed by atoms with van der Waals surface area (Å²) in [5.74, 6) is 0.919. The number of amides is 2. The number of nitrogens with zero attached hydrogens (tertiary/aromatic N) is 3. The van der Waals surface area contributed by atoms with E-state index in [4.69, 9.17) is 4.52 Å². The molecule has 0 bridgehead atoms. The fourth-order valence-electron chi connectivity index (χ4n) is 3.53. The first-order valence-electron chi connectivity index (χ1n) is 7.17. The topological polar surface area (TPSA) is 78.7 Å². The van der Waals surface area contributed by atoms with Crippen molar-refractivity contribution in [1.29, 1.82) is 0 Å². The van der Waals surface area contributed by atoms with E-state index in [-0.39, 0.29) is 23.9 Å². The second-order valence-electron chi connectivity index (χ2n) is 5.86. The largest absolute Gasteiger partial charge is 0.361 e. The Morgan fingerprint density at radius 2 is 2.19 bits per heavy atom. The van der Waals surface area contributed by atoms with Crippen LogP contribution >= 0.6 is 0 Å². The summed E-state index contributed by atoms with van der Waals surface area (Å²) in [5.41, 5.74) is 0.528. The molecule has 1 aromatic heterocycles. The summed E-state index contributed by atoms with van der Waals surface area (Å²) in [6.45, 7) is 3.08. The Hall–Kier alpha value is -1.89. The minimum absolute atomic E-state index is 0.0342. The van der Waals surface area contributed by atoms with Crippen LogP contribution in [-0.4, -0.2) is 66.0 Å². The molecule has 0 radical (unpaired) electrons. The third kappa shape index (κ3) is 2.21. The maximum absolute atomic E-state index is 12.5. The summed E-state index contributed by atoms with van der Waals surface area (Å²) in [7, 11) is 3.62. The van der Waals surface area contributed by atoms with Crippen LogP contribution in [0.25, 0.3) is 0 Å². The first kappa shape index (κ1) is 14.1. The van der Waals surface area contributed by atoms with Gasteiger partial charge in [0.1, 0.15) is 11.3 Å². The molecule has 0 unspecified atom stereocenters. The highest BCUT2D eigenvalue weighted by molar-refractivity contribution is 5.95. The maximum atomic E-state index is 12.5. The van der Waals surface area contributed by atoms with Gasteiger partial charge in [-0.05, 0) is 26.3 Å². The van der Waals surface area contributed by atoms with Crippen molar-refractivity contribution < 1.29 is 14.1 Å². The molecule has 3 heterocycles. The molecule has 7 nitrogen and oxygen atoms in total. The Labute approximate surface area is 123 Å². The normalized spacial score (nSPS) is 28.7. The fourth-order valence-corrected chi connectivity index (χ4v) is 3.53.